The second-order valence-electron chi connectivity index (χ2n) is 5.59. The summed E-state index contributed by atoms with van der Waals surface area (Å²) in [4.78, 5) is 0. The van der Waals surface area contributed by atoms with Crippen molar-refractivity contribution in [3.63, 3.8) is 0 Å². The van der Waals surface area contributed by atoms with Crippen LogP contribution in [0.25, 0.3) is 0 Å². The van der Waals surface area contributed by atoms with Gasteiger partial charge in [0.2, 0.25) is 0 Å². The highest BCUT2D eigenvalue weighted by atomic mass is 15.3. The largest absolute Gasteiger partial charge is 0.273 e. The van der Waals surface area contributed by atoms with E-state index in [0.717, 1.165) is 37.8 Å². The lowest BCUT2D eigenvalue weighted by Crippen LogP contribution is -2.31. The van der Waals surface area contributed by atoms with Gasteiger partial charge in [-0.15, -0.1) is 0 Å². The number of hydrogen-bond acceptors (Lipinski definition) is 2. The Bertz CT molecular complexity index is 650. The van der Waals surface area contributed by atoms with E-state index in [2.05, 4.69) is 42.5 Å². The third kappa shape index (κ3) is 2.12. The molecular weight excluding hydrogens is 246 g/mol. The highest BCUT2D eigenvalue weighted by Crippen LogP contribution is 2.39. The van der Waals surface area contributed by atoms with Gasteiger partial charge in [0, 0.05) is 12.7 Å². The topological polar surface area (TPSA) is 41.6 Å². The number of fused-ring (bicyclic) bond motifs is 1. The lowest BCUT2D eigenvalue weighted by Gasteiger charge is -2.33. The van der Waals surface area contributed by atoms with Crippen LogP contribution in [0.5, 0.6) is 0 Å². The Kier molecular flexibility index (Phi) is 3.31. The second-order valence-corrected chi connectivity index (χ2v) is 5.59. The summed E-state index contributed by atoms with van der Waals surface area (Å²) in [7, 11) is 0. The number of aryl methyl sites for hydroxylation is 2. The minimum Gasteiger partial charge on any atom is -0.273 e. The maximum atomic E-state index is 9.84. The maximum Gasteiger partial charge on any atom is 0.0866 e. The number of benzene rings is 1. The molecule has 1 heterocycles. The van der Waals surface area contributed by atoms with Gasteiger partial charge < -0.3 is 0 Å². The van der Waals surface area contributed by atoms with Crippen LogP contribution >= 0.6 is 0 Å². The maximum absolute atomic E-state index is 9.84. The molecule has 2 aromatic rings. The predicted molar refractivity (Wildman–Crippen MR) is 78.3 cm³/mol. The molecule has 1 atom stereocenters. The molecule has 102 valence electrons. The van der Waals surface area contributed by atoms with Crippen LogP contribution < -0.4 is 0 Å². The van der Waals surface area contributed by atoms with Crippen LogP contribution in [0.2, 0.25) is 0 Å². The van der Waals surface area contributed by atoms with Crippen molar-refractivity contribution in [1.82, 2.24) is 9.78 Å². The minimum absolute atomic E-state index is 0.379. The molecular formula is C17H19N3. The molecule has 0 saturated heterocycles. The zero-order chi connectivity index (χ0) is 14.0. The van der Waals surface area contributed by atoms with Crippen molar-refractivity contribution < 1.29 is 0 Å². The van der Waals surface area contributed by atoms with Gasteiger partial charge in [-0.3, -0.25) is 4.68 Å². The van der Waals surface area contributed by atoms with Crippen LogP contribution in [0.3, 0.4) is 0 Å². The zero-order valence-electron chi connectivity index (χ0n) is 11.8. The van der Waals surface area contributed by atoms with Crippen LogP contribution in [0.15, 0.2) is 36.7 Å². The van der Waals surface area contributed by atoms with Crippen molar-refractivity contribution in [3.05, 3.63) is 53.3 Å². The fraction of sp³-hybridized carbons (Fsp3) is 0.412. The fourth-order valence-electron chi connectivity index (χ4n) is 3.28. The van der Waals surface area contributed by atoms with Crippen LogP contribution in [-0.2, 0) is 24.8 Å². The number of nitrogens with zero attached hydrogens (tertiary/aromatic N) is 3. The number of aromatic nitrogens is 2. The molecule has 1 aliphatic carbocycles. The highest BCUT2D eigenvalue weighted by Gasteiger charge is 2.37. The van der Waals surface area contributed by atoms with Crippen LogP contribution in [-0.4, -0.2) is 9.78 Å². The highest BCUT2D eigenvalue weighted by molar-refractivity contribution is 5.43. The summed E-state index contributed by atoms with van der Waals surface area (Å²) in [5, 5.41) is 14.2. The molecule has 0 saturated carbocycles. The molecule has 0 amide bonds. The lowest BCUT2D eigenvalue weighted by molar-refractivity contribution is 0.450. The number of rotatable bonds is 3. The van der Waals surface area contributed by atoms with Crippen LogP contribution in [0, 0.1) is 11.3 Å². The van der Waals surface area contributed by atoms with Gasteiger partial charge in [-0.2, -0.15) is 10.4 Å². The van der Waals surface area contributed by atoms with Gasteiger partial charge in [0.05, 0.1) is 17.7 Å². The standard InChI is InChI=1S/C17H19N3/c1-2-20-12-14(11-19-20)10-17(13-18)9-5-7-15-6-3-4-8-16(15)17/h3-4,6,8,11-12H,2,5,7,9-10H2,1H3. The SMILES string of the molecule is CCn1cc(CC2(C#N)CCCc3ccccc32)cn1. The fourth-order valence-corrected chi connectivity index (χ4v) is 3.28. The van der Waals surface area contributed by atoms with Crippen molar-refractivity contribution in [1.29, 1.82) is 5.26 Å². The molecule has 3 heteroatoms. The molecule has 3 nitrogen and oxygen atoms in total. The normalized spacial score (nSPS) is 21.2. The van der Waals surface area contributed by atoms with Gasteiger partial charge in [0.1, 0.15) is 0 Å². The summed E-state index contributed by atoms with van der Waals surface area (Å²) in [6.07, 6.45) is 7.86. The van der Waals surface area contributed by atoms with E-state index in [0.29, 0.717) is 0 Å². The number of hydrogen-bond donors (Lipinski definition) is 0. The molecule has 0 N–H and O–H groups in total. The molecule has 20 heavy (non-hydrogen) atoms. The van der Waals surface area contributed by atoms with E-state index < -0.39 is 0 Å². The van der Waals surface area contributed by atoms with Crippen molar-refractivity contribution in [2.24, 2.45) is 0 Å². The summed E-state index contributed by atoms with van der Waals surface area (Å²) in [5.41, 5.74) is 3.34. The summed E-state index contributed by atoms with van der Waals surface area (Å²) >= 11 is 0. The van der Waals surface area contributed by atoms with Gasteiger partial charge in [-0.05, 0) is 49.3 Å². The van der Waals surface area contributed by atoms with Crippen molar-refractivity contribution >= 4 is 0 Å². The quantitative estimate of drug-likeness (QED) is 0.855. The zero-order valence-corrected chi connectivity index (χ0v) is 11.8. The van der Waals surface area contributed by atoms with Crippen molar-refractivity contribution in [2.45, 2.75) is 44.6 Å². The molecule has 1 aliphatic rings. The van der Waals surface area contributed by atoms with Gasteiger partial charge in [0.15, 0.2) is 0 Å². The predicted octanol–water partition coefficient (Wildman–Crippen LogP) is 3.24. The first-order chi connectivity index (χ1) is 9.77. The Labute approximate surface area is 119 Å². The van der Waals surface area contributed by atoms with Gasteiger partial charge in [-0.1, -0.05) is 24.3 Å². The summed E-state index contributed by atoms with van der Waals surface area (Å²) in [5.74, 6) is 0. The molecule has 0 fully saturated rings. The van der Waals surface area contributed by atoms with E-state index in [1.165, 1.54) is 11.1 Å². The average Bonchev–Trinajstić information content (AvgIpc) is 2.95. The molecule has 1 unspecified atom stereocenters. The lowest BCUT2D eigenvalue weighted by atomic mass is 9.68. The van der Waals surface area contributed by atoms with Gasteiger partial charge in [0.25, 0.3) is 0 Å². The van der Waals surface area contributed by atoms with Crippen molar-refractivity contribution in [3.8, 4) is 6.07 Å². The van der Waals surface area contributed by atoms with E-state index in [1.807, 2.05) is 16.9 Å². The average molecular weight is 265 g/mol. The molecule has 1 aromatic carbocycles. The number of nitriles is 1. The summed E-state index contributed by atoms with van der Waals surface area (Å²) in [6, 6.07) is 11.0. The Balaban J connectivity index is 1.99. The van der Waals surface area contributed by atoms with Crippen LogP contribution in [0.4, 0.5) is 0 Å². The molecule has 0 bridgehead atoms. The first-order valence-corrected chi connectivity index (χ1v) is 7.28. The van der Waals surface area contributed by atoms with E-state index in [-0.39, 0.29) is 5.41 Å². The summed E-state index contributed by atoms with van der Waals surface area (Å²) < 4.78 is 1.93. The molecule has 0 spiro atoms. The molecule has 1 aromatic heterocycles. The minimum atomic E-state index is -0.379. The van der Waals surface area contributed by atoms with E-state index in [1.54, 1.807) is 0 Å². The van der Waals surface area contributed by atoms with Gasteiger partial charge >= 0.3 is 0 Å². The van der Waals surface area contributed by atoms with E-state index >= 15 is 0 Å². The Morgan fingerprint density at radius 1 is 1.40 bits per heavy atom. The van der Waals surface area contributed by atoms with E-state index in [4.69, 9.17) is 0 Å². The van der Waals surface area contributed by atoms with E-state index in [9.17, 15) is 5.26 Å². The Morgan fingerprint density at radius 2 is 2.25 bits per heavy atom. The van der Waals surface area contributed by atoms with Crippen LogP contribution in [0.1, 0.15) is 36.5 Å². The Morgan fingerprint density at radius 3 is 3.00 bits per heavy atom. The third-order valence-corrected chi connectivity index (χ3v) is 4.31. The Hall–Kier alpha value is -2.08. The van der Waals surface area contributed by atoms with Crippen molar-refractivity contribution in [2.75, 3.05) is 0 Å². The summed E-state index contributed by atoms with van der Waals surface area (Å²) in [6.45, 7) is 2.95. The second kappa shape index (κ2) is 5.13. The first-order valence-electron chi connectivity index (χ1n) is 7.28. The van der Waals surface area contributed by atoms with Gasteiger partial charge in [-0.25, -0.2) is 0 Å². The third-order valence-electron chi connectivity index (χ3n) is 4.31. The molecule has 0 aliphatic heterocycles. The smallest absolute Gasteiger partial charge is 0.0866 e. The first kappa shape index (κ1) is 12.9. The molecule has 3 rings (SSSR count). The monoisotopic (exact) mass is 265 g/mol. The molecule has 0 radical (unpaired) electrons.